The lowest BCUT2D eigenvalue weighted by Crippen LogP contribution is -2.35. The van der Waals surface area contributed by atoms with Crippen LogP contribution in [0.25, 0.3) is 0 Å². The van der Waals surface area contributed by atoms with Gasteiger partial charge in [-0.3, -0.25) is 10.1 Å². The number of benzene rings is 1. The summed E-state index contributed by atoms with van der Waals surface area (Å²) in [7, 11) is 0. The molecule has 1 amide bonds. The summed E-state index contributed by atoms with van der Waals surface area (Å²) in [4.78, 5) is 13.9. The molecule has 2 unspecified atom stereocenters. The lowest BCUT2D eigenvalue weighted by molar-refractivity contribution is -0.128. The fraction of sp³-hybridized carbons (Fsp3) is 0.500. The van der Waals surface area contributed by atoms with Gasteiger partial charge in [0.1, 0.15) is 12.0 Å². The second-order valence-corrected chi connectivity index (χ2v) is 6.42. The van der Waals surface area contributed by atoms with Crippen molar-refractivity contribution in [2.75, 3.05) is 18.8 Å². The number of hydrogen-bond acceptors (Lipinski definition) is 3. The van der Waals surface area contributed by atoms with E-state index >= 15 is 0 Å². The average molecular weight is 280 g/mol. The summed E-state index contributed by atoms with van der Waals surface area (Å²) in [6.45, 7) is 1.16. The van der Waals surface area contributed by atoms with E-state index in [1.54, 1.807) is 12.1 Å². The van der Waals surface area contributed by atoms with E-state index in [0.717, 1.165) is 12.1 Å². The van der Waals surface area contributed by atoms with Crippen LogP contribution < -0.4 is 5.32 Å². The highest BCUT2D eigenvalue weighted by Gasteiger charge is 2.33. The minimum atomic E-state index is -0.244. The molecule has 0 spiro atoms. The molecule has 2 aliphatic rings. The molecule has 0 saturated carbocycles. The predicted molar refractivity (Wildman–Crippen MR) is 74.3 cm³/mol. The van der Waals surface area contributed by atoms with Gasteiger partial charge in [-0.15, -0.1) is 0 Å². The summed E-state index contributed by atoms with van der Waals surface area (Å²) in [5, 5.41) is 3.76. The van der Waals surface area contributed by atoms with Crippen LogP contribution in [0.1, 0.15) is 24.6 Å². The number of carbonyl (C=O) groups is 1. The zero-order chi connectivity index (χ0) is 13.2. The van der Waals surface area contributed by atoms with Gasteiger partial charge in [0, 0.05) is 11.8 Å². The van der Waals surface area contributed by atoms with Crippen LogP contribution >= 0.6 is 11.8 Å². The summed E-state index contributed by atoms with van der Waals surface area (Å²) in [5.41, 5.74) is 0.954. The van der Waals surface area contributed by atoms with Gasteiger partial charge in [0.2, 0.25) is 5.91 Å². The first-order valence-corrected chi connectivity index (χ1v) is 7.69. The van der Waals surface area contributed by atoms with E-state index in [-0.39, 0.29) is 17.9 Å². The van der Waals surface area contributed by atoms with Crippen LogP contribution in [0.4, 0.5) is 4.39 Å². The highest BCUT2D eigenvalue weighted by molar-refractivity contribution is 8.00. The maximum atomic E-state index is 13.0. The van der Waals surface area contributed by atoms with E-state index in [4.69, 9.17) is 0 Å². The maximum absolute atomic E-state index is 13.0. The Bertz CT molecular complexity index is 459. The molecular weight excluding hydrogens is 263 g/mol. The van der Waals surface area contributed by atoms with Gasteiger partial charge in [0.25, 0.3) is 0 Å². The van der Waals surface area contributed by atoms with Crippen LogP contribution in [-0.4, -0.2) is 34.9 Å². The molecule has 1 N–H and O–H groups in total. The van der Waals surface area contributed by atoms with Crippen molar-refractivity contribution in [1.82, 2.24) is 10.2 Å². The van der Waals surface area contributed by atoms with Crippen molar-refractivity contribution in [3.05, 3.63) is 35.6 Å². The van der Waals surface area contributed by atoms with Gasteiger partial charge in [-0.25, -0.2) is 4.39 Å². The van der Waals surface area contributed by atoms with Crippen molar-refractivity contribution < 1.29 is 9.18 Å². The largest absolute Gasteiger partial charge is 0.321 e. The van der Waals surface area contributed by atoms with Crippen LogP contribution in [0.2, 0.25) is 0 Å². The zero-order valence-electron chi connectivity index (χ0n) is 10.6. The van der Waals surface area contributed by atoms with Crippen molar-refractivity contribution >= 4 is 17.7 Å². The van der Waals surface area contributed by atoms with Crippen molar-refractivity contribution in [3.63, 3.8) is 0 Å². The molecule has 19 heavy (non-hydrogen) atoms. The molecule has 2 aliphatic heterocycles. The van der Waals surface area contributed by atoms with Gasteiger partial charge in [0.05, 0.1) is 6.54 Å². The molecule has 0 bridgehead atoms. The number of nitrogens with zero attached hydrogens (tertiary/aromatic N) is 1. The molecule has 0 radical (unpaired) electrons. The molecule has 2 saturated heterocycles. The van der Waals surface area contributed by atoms with Gasteiger partial charge in [-0.05, 0) is 36.3 Å². The Balaban J connectivity index is 1.75. The first kappa shape index (κ1) is 12.9. The van der Waals surface area contributed by atoms with E-state index < -0.39 is 0 Å². The van der Waals surface area contributed by atoms with Crippen LogP contribution in [-0.2, 0) is 4.79 Å². The summed E-state index contributed by atoms with van der Waals surface area (Å²) in [6, 6.07) is 6.39. The molecule has 3 nitrogen and oxygen atoms in total. The Morgan fingerprint density at radius 1 is 1.37 bits per heavy atom. The smallest absolute Gasteiger partial charge is 0.238 e. The Labute approximate surface area is 116 Å². The Morgan fingerprint density at radius 3 is 2.84 bits per heavy atom. The lowest BCUT2D eigenvalue weighted by Gasteiger charge is -2.27. The Hall–Kier alpha value is -1.07. The topological polar surface area (TPSA) is 32.3 Å². The van der Waals surface area contributed by atoms with Gasteiger partial charge < -0.3 is 4.90 Å². The minimum Gasteiger partial charge on any atom is -0.321 e. The molecule has 0 aliphatic carbocycles. The quantitative estimate of drug-likeness (QED) is 0.921. The Morgan fingerprint density at radius 2 is 2.16 bits per heavy atom. The first-order valence-electron chi connectivity index (χ1n) is 6.64. The van der Waals surface area contributed by atoms with E-state index in [0.29, 0.717) is 11.8 Å². The van der Waals surface area contributed by atoms with Gasteiger partial charge in [-0.1, -0.05) is 12.1 Å². The van der Waals surface area contributed by atoms with Crippen LogP contribution in [0.3, 0.4) is 0 Å². The number of hydrogen-bond donors (Lipinski definition) is 1. The molecule has 2 atom stereocenters. The SMILES string of the molecule is O=C1CNC(c2ccc(F)cc2)N1CC1CCCS1. The summed E-state index contributed by atoms with van der Waals surface area (Å²) < 4.78 is 13.0. The molecule has 2 fully saturated rings. The molecule has 2 heterocycles. The summed E-state index contributed by atoms with van der Waals surface area (Å²) in [6.07, 6.45) is 2.32. The van der Waals surface area contributed by atoms with Gasteiger partial charge in [-0.2, -0.15) is 11.8 Å². The third kappa shape index (κ3) is 2.77. The first-order chi connectivity index (χ1) is 9.24. The maximum Gasteiger partial charge on any atom is 0.238 e. The third-order valence-electron chi connectivity index (χ3n) is 3.69. The normalized spacial score (nSPS) is 27.2. The number of nitrogens with one attached hydrogen (secondary N) is 1. The van der Waals surface area contributed by atoms with Crippen molar-refractivity contribution in [2.45, 2.75) is 24.3 Å². The number of rotatable bonds is 3. The van der Waals surface area contributed by atoms with Gasteiger partial charge >= 0.3 is 0 Å². The van der Waals surface area contributed by atoms with Crippen molar-refractivity contribution in [3.8, 4) is 0 Å². The van der Waals surface area contributed by atoms with Crippen molar-refractivity contribution in [2.24, 2.45) is 0 Å². The second-order valence-electron chi connectivity index (χ2n) is 5.02. The van der Waals surface area contributed by atoms with E-state index in [1.165, 1.54) is 30.7 Å². The van der Waals surface area contributed by atoms with Crippen LogP contribution in [0, 0.1) is 5.82 Å². The monoisotopic (exact) mass is 280 g/mol. The predicted octanol–water partition coefficient (Wildman–Crippen LogP) is 2.15. The number of halogens is 1. The summed E-state index contributed by atoms with van der Waals surface area (Å²) in [5.74, 6) is 1.09. The van der Waals surface area contributed by atoms with E-state index in [9.17, 15) is 9.18 Å². The van der Waals surface area contributed by atoms with Gasteiger partial charge in [0.15, 0.2) is 0 Å². The molecular formula is C14H17FN2OS. The molecule has 1 aromatic carbocycles. The lowest BCUT2D eigenvalue weighted by atomic mass is 10.1. The minimum absolute atomic E-state index is 0.103. The van der Waals surface area contributed by atoms with Crippen LogP contribution in [0.5, 0.6) is 0 Å². The summed E-state index contributed by atoms with van der Waals surface area (Å²) >= 11 is 1.95. The Kier molecular flexibility index (Phi) is 3.75. The average Bonchev–Trinajstić information content (AvgIpc) is 3.03. The number of amides is 1. The molecule has 5 heteroatoms. The highest BCUT2D eigenvalue weighted by atomic mass is 32.2. The second kappa shape index (κ2) is 5.51. The fourth-order valence-corrected chi connectivity index (χ4v) is 3.96. The highest BCUT2D eigenvalue weighted by Crippen LogP contribution is 2.30. The number of carbonyl (C=O) groups excluding carboxylic acids is 1. The van der Waals surface area contributed by atoms with E-state index in [2.05, 4.69) is 5.32 Å². The number of thioether (sulfide) groups is 1. The van der Waals surface area contributed by atoms with Crippen LogP contribution in [0.15, 0.2) is 24.3 Å². The zero-order valence-corrected chi connectivity index (χ0v) is 11.5. The molecule has 1 aromatic rings. The molecule has 3 rings (SSSR count). The molecule has 102 valence electrons. The van der Waals surface area contributed by atoms with E-state index in [1.807, 2.05) is 16.7 Å². The standard InChI is InChI=1S/C14H17FN2OS/c15-11-5-3-10(4-6-11)14-16-8-13(18)17(14)9-12-2-1-7-19-12/h3-6,12,14,16H,1-2,7-9H2. The molecule has 0 aromatic heterocycles. The third-order valence-corrected chi connectivity index (χ3v) is 5.07. The van der Waals surface area contributed by atoms with Crippen molar-refractivity contribution in [1.29, 1.82) is 0 Å². The fourth-order valence-electron chi connectivity index (χ4n) is 2.70.